The maximum atomic E-state index is 12.2. The van der Waals surface area contributed by atoms with E-state index in [-0.39, 0.29) is 0 Å². The van der Waals surface area contributed by atoms with E-state index in [4.69, 9.17) is 14.2 Å². The molecule has 3 aromatic rings. The summed E-state index contributed by atoms with van der Waals surface area (Å²) in [5, 5.41) is 0. The zero-order valence-electron chi connectivity index (χ0n) is 15.3. The summed E-state index contributed by atoms with van der Waals surface area (Å²) in [7, 11) is 0. The van der Waals surface area contributed by atoms with Crippen LogP contribution in [0.2, 0.25) is 0 Å². The predicted molar refractivity (Wildman–Crippen MR) is 104 cm³/mol. The third-order valence-electron chi connectivity index (χ3n) is 3.93. The van der Waals surface area contributed by atoms with Gasteiger partial charge in [0.1, 0.15) is 30.3 Å². The molecule has 3 aromatic carbocycles. The van der Waals surface area contributed by atoms with Gasteiger partial charge in [-0.2, -0.15) is 0 Å². The van der Waals surface area contributed by atoms with Crippen molar-refractivity contribution in [2.24, 2.45) is 0 Å². The van der Waals surface area contributed by atoms with Gasteiger partial charge in [0.25, 0.3) is 0 Å². The van der Waals surface area contributed by atoms with Crippen molar-refractivity contribution < 1.29 is 19.0 Å². The highest BCUT2D eigenvalue weighted by Crippen LogP contribution is 2.27. The average Bonchev–Trinajstić information content (AvgIpc) is 2.72. The molecule has 0 amide bonds. The molecule has 0 saturated carbocycles. The summed E-state index contributed by atoms with van der Waals surface area (Å²) < 4.78 is 16.9. The lowest BCUT2D eigenvalue weighted by atomic mass is 10.2. The lowest BCUT2D eigenvalue weighted by Gasteiger charge is -2.13. The van der Waals surface area contributed by atoms with Gasteiger partial charge < -0.3 is 14.2 Å². The first kappa shape index (κ1) is 18.5. The third-order valence-corrected chi connectivity index (χ3v) is 3.93. The van der Waals surface area contributed by atoms with Gasteiger partial charge in [-0.25, -0.2) is 4.79 Å². The summed E-state index contributed by atoms with van der Waals surface area (Å²) in [6, 6.07) is 24.9. The zero-order valence-corrected chi connectivity index (χ0v) is 15.3. The molecular weight excluding hydrogens is 340 g/mol. The predicted octanol–water partition coefficient (Wildman–Crippen LogP) is 5.02. The second-order valence-corrected chi connectivity index (χ2v) is 5.93. The number of esters is 1. The maximum absolute atomic E-state index is 12.2. The van der Waals surface area contributed by atoms with Gasteiger partial charge in [0.15, 0.2) is 0 Å². The molecule has 4 heteroatoms. The Morgan fingerprint density at radius 3 is 1.96 bits per heavy atom. The summed E-state index contributed by atoms with van der Waals surface area (Å²) in [5.74, 6) is 0.674. The largest absolute Gasteiger partial charge is 0.489 e. The molecule has 0 fully saturated rings. The van der Waals surface area contributed by atoms with Crippen molar-refractivity contribution in [1.82, 2.24) is 0 Å². The molecule has 4 nitrogen and oxygen atoms in total. The molecule has 0 N–H and O–H groups in total. The van der Waals surface area contributed by atoms with E-state index in [1.807, 2.05) is 60.7 Å². The van der Waals surface area contributed by atoms with Crippen LogP contribution >= 0.6 is 0 Å². The minimum absolute atomic E-state index is 0.309. The van der Waals surface area contributed by atoms with E-state index in [9.17, 15) is 4.79 Å². The normalized spacial score (nSPS) is 10.3. The van der Waals surface area contributed by atoms with Crippen LogP contribution in [0, 0.1) is 0 Å². The molecule has 0 spiro atoms. The number of hydrogen-bond acceptors (Lipinski definition) is 4. The highest BCUT2D eigenvalue weighted by Gasteiger charge is 2.15. The fraction of sp³-hybridized carbons (Fsp3) is 0.174. The lowest BCUT2D eigenvalue weighted by Crippen LogP contribution is -2.08. The molecule has 0 aromatic heterocycles. The average molecular weight is 362 g/mol. The van der Waals surface area contributed by atoms with Crippen LogP contribution < -0.4 is 9.47 Å². The lowest BCUT2D eigenvalue weighted by molar-refractivity contribution is 0.0521. The molecule has 0 saturated heterocycles. The van der Waals surface area contributed by atoms with Crippen LogP contribution in [-0.2, 0) is 18.0 Å². The van der Waals surface area contributed by atoms with E-state index in [1.54, 1.807) is 25.1 Å². The van der Waals surface area contributed by atoms with Gasteiger partial charge in [-0.1, -0.05) is 60.7 Å². The summed E-state index contributed by atoms with van der Waals surface area (Å²) in [6.07, 6.45) is 0. The minimum Gasteiger partial charge on any atom is -0.489 e. The van der Waals surface area contributed by atoms with E-state index in [1.165, 1.54) is 0 Å². The van der Waals surface area contributed by atoms with Gasteiger partial charge >= 0.3 is 5.97 Å². The van der Waals surface area contributed by atoms with Gasteiger partial charge in [-0.3, -0.25) is 0 Å². The SMILES string of the molecule is CCOC(=O)c1ccc(OCc2ccccc2)cc1OCc1ccccc1. The zero-order chi connectivity index (χ0) is 18.9. The fourth-order valence-corrected chi connectivity index (χ4v) is 2.57. The van der Waals surface area contributed by atoms with Crippen LogP contribution in [0.1, 0.15) is 28.4 Å². The maximum Gasteiger partial charge on any atom is 0.341 e. The molecule has 27 heavy (non-hydrogen) atoms. The Kier molecular flexibility index (Phi) is 6.47. The first-order chi connectivity index (χ1) is 13.3. The molecule has 138 valence electrons. The Morgan fingerprint density at radius 2 is 1.37 bits per heavy atom. The van der Waals surface area contributed by atoms with Gasteiger partial charge in [0.05, 0.1) is 6.61 Å². The van der Waals surface area contributed by atoms with Crippen molar-refractivity contribution >= 4 is 5.97 Å². The second-order valence-electron chi connectivity index (χ2n) is 5.93. The van der Waals surface area contributed by atoms with Crippen LogP contribution in [-0.4, -0.2) is 12.6 Å². The van der Waals surface area contributed by atoms with Crippen LogP contribution in [0.4, 0.5) is 0 Å². The monoisotopic (exact) mass is 362 g/mol. The molecule has 0 aliphatic rings. The molecule has 0 bridgehead atoms. The third kappa shape index (κ3) is 5.35. The van der Waals surface area contributed by atoms with Crippen LogP contribution in [0.25, 0.3) is 0 Å². The Labute approximate surface area is 159 Å². The molecule has 0 aliphatic heterocycles. The van der Waals surface area contributed by atoms with Crippen LogP contribution in [0.5, 0.6) is 11.5 Å². The fourth-order valence-electron chi connectivity index (χ4n) is 2.57. The summed E-state index contributed by atoms with van der Waals surface area (Å²) in [4.78, 5) is 12.2. The van der Waals surface area contributed by atoms with Gasteiger partial charge in [-0.15, -0.1) is 0 Å². The number of carbonyl (C=O) groups excluding carboxylic acids is 1. The Hall–Kier alpha value is -3.27. The highest BCUT2D eigenvalue weighted by atomic mass is 16.5. The number of benzene rings is 3. The number of ether oxygens (including phenoxy) is 3. The molecule has 0 heterocycles. The highest BCUT2D eigenvalue weighted by molar-refractivity contribution is 5.92. The van der Waals surface area contributed by atoms with Crippen molar-refractivity contribution in [1.29, 1.82) is 0 Å². The minimum atomic E-state index is -0.407. The smallest absolute Gasteiger partial charge is 0.341 e. The van der Waals surface area contributed by atoms with Crippen molar-refractivity contribution in [2.75, 3.05) is 6.61 Å². The Balaban J connectivity index is 1.76. The number of rotatable bonds is 8. The topological polar surface area (TPSA) is 44.8 Å². The van der Waals surface area contributed by atoms with Gasteiger partial charge in [-0.05, 0) is 30.2 Å². The first-order valence-electron chi connectivity index (χ1n) is 8.91. The van der Waals surface area contributed by atoms with E-state index >= 15 is 0 Å². The summed E-state index contributed by atoms with van der Waals surface area (Å²) in [6.45, 7) is 2.88. The van der Waals surface area contributed by atoms with E-state index in [0.717, 1.165) is 11.1 Å². The Bertz CT molecular complexity index is 860. The molecule has 0 atom stereocenters. The number of carbonyl (C=O) groups is 1. The quantitative estimate of drug-likeness (QED) is 0.528. The van der Waals surface area contributed by atoms with E-state index < -0.39 is 5.97 Å². The summed E-state index contributed by atoms with van der Waals surface area (Å²) in [5.41, 5.74) is 2.47. The van der Waals surface area contributed by atoms with Crippen molar-refractivity contribution in [3.8, 4) is 11.5 Å². The van der Waals surface area contributed by atoms with Crippen molar-refractivity contribution in [3.63, 3.8) is 0 Å². The van der Waals surface area contributed by atoms with E-state index in [2.05, 4.69) is 0 Å². The second kappa shape index (κ2) is 9.43. The molecular formula is C23H22O4. The molecule has 0 radical (unpaired) electrons. The van der Waals surface area contributed by atoms with Crippen molar-refractivity contribution in [3.05, 3.63) is 95.6 Å². The summed E-state index contributed by atoms with van der Waals surface area (Å²) >= 11 is 0. The standard InChI is InChI=1S/C23H22O4/c1-2-25-23(24)21-14-13-20(26-16-18-9-5-3-6-10-18)15-22(21)27-17-19-11-7-4-8-12-19/h3-15H,2,16-17H2,1H3. The van der Waals surface area contributed by atoms with Crippen LogP contribution in [0.3, 0.4) is 0 Å². The van der Waals surface area contributed by atoms with Gasteiger partial charge in [0.2, 0.25) is 0 Å². The molecule has 3 rings (SSSR count). The van der Waals surface area contributed by atoms with Crippen LogP contribution in [0.15, 0.2) is 78.9 Å². The van der Waals surface area contributed by atoms with Gasteiger partial charge in [0, 0.05) is 6.07 Å². The first-order valence-corrected chi connectivity index (χ1v) is 8.91. The Morgan fingerprint density at radius 1 is 0.778 bits per heavy atom. The number of hydrogen-bond donors (Lipinski definition) is 0. The van der Waals surface area contributed by atoms with Crippen molar-refractivity contribution in [2.45, 2.75) is 20.1 Å². The molecule has 0 unspecified atom stereocenters. The van der Waals surface area contributed by atoms with E-state index in [0.29, 0.717) is 36.9 Å². The molecule has 0 aliphatic carbocycles.